The Morgan fingerprint density at radius 1 is 1.29 bits per heavy atom. The van der Waals surface area contributed by atoms with Crippen molar-refractivity contribution < 1.29 is 14.6 Å². The van der Waals surface area contributed by atoms with Crippen LogP contribution in [0.1, 0.15) is 24.8 Å². The first-order valence-corrected chi connectivity index (χ1v) is 5.78. The molecule has 1 aromatic rings. The second-order valence-corrected chi connectivity index (χ2v) is 3.88. The predicted octanol–water partition coefficient (Wildman–Crippen LogP) is 2.04. The SMILES string of the molecule is COc1ccc(CNCCCCC(=O)O)cc1. The number of unbranched alkanes of at least 4 members (excludes halogenated alkanes) is 1. The number of ether oxygens (including phenoxy) is 1. The molecule has 0 fully saturated rings. The molecule has 0 bridgehead atoms. The molecular weight excluding hydrogens is 218 g/mol. The van der Waals surface area contributed by atoms with Crippen molar-refractivity contribution in [3.05, 3.63) is 29.8 Å². The summed E-state index contributed by atoms with van der Waals surface area (Å²) in [6, 6.07) is 7.90. The fourth-order valence-corrected chi connectivity index (χ4v) is 1.50. The van der Waals surface area contributed by atoms with Crippen molar-refractivity contribution in [3.63, 3.8) is 0 Å². The van der Waals surface area contributed by atoms with Gasteiger partial charge in [-0.25, -0.2) is 0 Å². The van der Waals surface area contributed by atoms with Gasteiger partial charge in [0.05, 0.1) is 7.11 Å². The molecule has 0 amide bonds. The number of carbonyl (C=O) groups is 1. The van der Waals surface area contributed by atoms with Crippen LogP contribution in [0.2, 0.25) is 0 Å². The summed E-state index contributed by atoms with van der Waals surface area (Å²) in [4.78, 5) is 10.3. The Bertz CT molecular complexity index is 335. The predicted molar refractivity (Wildman–Crippen MR) is 66.2 cm³/mol. The number of benzene rings is 1. The first-order valence-electron chi connectivity index (χ1n) is 5.78. The molecule has 94 valence electrons. The molecule has 0 aromatic heterocycles. The zero-order chi connectivity index (χ0) is 12.5. The summed E-state index contributed by atoms with van der Waals surface area (Å²) in [6.07, 6.45) is 1.87. The maximum Gasteiger partial charge on any atom is 0.303 e. The molecular formula is C13H19NO3. The standard InChI is InChI=1S/C13H19NO3/c1-17-12-7-5-11(6-8-12)10-14-9-3-2-4-13(15)16/h5-8,14H,2-4,9-10H2,1H3,(H,15,16). The largest absolute Gasteiger partial charge is 0.497 e. The van der Waals surface area contributed by atoms with E-state index >= 15 is 0 Å². The van der Waals surface area contributed by atoms with Crippen LogP contribution in [-0.4, -0.2) is 24.7 Å². The molecule has 0 spiro atoms. The van der Waals surface area contributed by atoms with Gasteiger partial charge in [-0.15, -0.1) is 0 Å². The van der Waals surface area contributed by atoms with E-state index in [0.29, 0.717) is 0 Å². The Kier molecular flexibility index (Phi) is 6.10. The third kappa shape index (κ3) is 5.92. The van der Waals surface area contributed by atoms with Gasteiger partial charge in [-0.1, -0.05) is 12.1 Å². The van der Waals surface area contributed by atoms with Crippen LogP contribution in [0, 0.1) is 0 Å². The van der Waals surface area contributed by atoms with Crippen LogP contribution in [0.4, 0.5) is 0 Å². The summed E-state index contributed by atoms with van der Waals surface area (Å²) in [7, 11) is 1.65. The maximum absolute atomic E-state index is 10.3. The van der Waals surface area contributed by atoms with Gasteiger partial charge in [-0.2, -0.15) is 0 Å². The molecule has 1 aromatic carbocycles. The van der Waals surface area contributed by atoms with Gasteiger partial charge in [0, 0.05) is 13.0 Å². The summed E-state index contributed by atoms with van der Waals surface area (Å²) < 4.78 is 5.07. The molecule has 0 heterocycles. The smallest absolute Gasteiger partial charge is 0.303 e. The number of carboxylic acid groups (broad SMARTS) is 1. The number of aliphatic carboxylic acids is 1. The molecule has 0 radical (unpaired) electrons. The van der Waals surface area contributed by atoms with Crippen molar-refractivity contribution in [1.29, 1.82) is 0 Å². The van der Waals surface area contributed by atoms with Crippen molar-refractivity contribution in [1.82, 2.24) is 5.32 Å². The van der Waals surface area contributed by atoms with Gasteiger partial charge in [-0.05, 0) is 37.1 Å². The van der Waals surface area contributed by atoms with E-state index in [2.05, 4.69) is 5.32 Å². The second kappa shape index (κ2) is 7.68. The topological polar surface area (TPSA) is 58.6 Å². The first kappa shape index (κ1) is 13.5. The van der Waals surface area contributed by atoms with Crippen LogP contribution in [0.5, 0.6) is 5.75 Å². The van der Waals surface area contributed by atoms with Gasteiger partial charge >= 0.3 is 5.97 Å². The molecule has 1 rings (SSSR count). The molecule has 4 heteroatoms. The highest BCUT2D eigenvalue weighted by atomic mass is 16.5. The third-order valence-electron chi connectivity index (χ3n) is 2.48. The van der Waals surface area contributed by atoms with Gasteiger partial charge in [0.2, 0.25) is 0 Å². The fourth-order valence-electron chi connectivity index (χ4n) is 1.50. The Labute approximate surface area is 102 Å². The lowest BCUT2D eigenvalue weighted by molar-refractivity contribution is -0.137. The lowest BCUT2D eigenvalue weighted by atomic mass is 10.2. The quantitative estimate of drug-likeness (QED) is 0.679. The van der Waals surface area contributed by atoms with Crippen molar-refractivity contribution in [3.8, 4) is 5.75 Å². The normalized spacial score (nSPS) is 10.2. The van der Waals surface area contributed by atoms with Crippen LogP contribution in [0.3, 0.4) is 0 Å². The highest BCUT2D eigenvalue weighted by Crippen LogP contribution is 2.10. The van der Waals surface area contributed by atoms with Crippen LogP contribution < -0.4 is 10.1 Å². The van der Waals surface area contributed by atoms with E-state index in [1.54, 1.807) is 7.11 Å². The summed E-state index contributed by atoms with van der Waals surface area (Å²) in [5.74, 6) is 0.135. The first-order chi connectivity index (χ1) is 8.22. The van der Waals surface area contributed by atoms with Gasteiger partial charge < -0.3 is 15.2 Å². The van der Waals surface area contributed by atoms with Crippen LogP contribution in [0.25, 0.3) is 0 Å². The van der Waals surface area contributed by atoms with E-state index in [4.69, 9.17) is 9.84 Å². The molecule has 17 heavy (non-hydrogen) atoms. The van der Waals surface area contributed by atoms with E-state index in [1.807, 2.05) is 24.3 Å². The van der Waals surface area contributed by atoms with E-state index in [-0.39, 0.29) is 6.42 Å². The summed E-state index contributed by atoms with van der Waals surface area (Å²) in [6.45, 7) is 1.65. The summed E-state index contributed by atoms with van der Waals surface area (Å²) in [5.41, 5.74) is 1.20. The van der Waals surface area contributed by atoms with Crippen molar-refractivity contribution in [2.24, 2.45) is 0 Å². The molecule has 0 aliphatic rings. The Morgan fingerprint density at radius 3 is 2.59 bits per heavy atom. The zero-order valence-corrected chi connectivity index (χ0v) is 10.1. The highest BCUT2D eigenvalue weighted by molar-refractivity contribution is 5.66. The van der Waals surface area contributed by atoms with E-state index in [9.17, 15) is 4.79 Å². The van der Waals surface area contributed by atoms with Gasteiger partial charge in [-0.3, -0.25) is 4.79 Å². The summed E-state index contributed by atoms with van der Waals surface area (Å²) >= 11 is 0. The van der Waals surface area contributed by atoms with E-state index in [0.717, 1.165) is 31.7 Å². The number of hydrogen-bond donors (Lipinski definition) is 2. The molecule has 0 aliphatic carbocycles. The van der Waals surface area contributed by atoms with Gasteiger partial charge in [0.1, 0.15) is 5.75 Å². The third-order valence-corrected chi connectivity index (χ3v) is 2.48. The van der Waals surface area contributed by atoms with E-state index in [1.165, 1.54) is 5.56 Å². The lowest BCUT2D eigenvalue weighted by Crippen LogP contribution is -2.14. The fraction of sp³-hybridized carbons (Fsp3) is 0.462. The van der Waals surface area contributed by atoms with Crippen molar-refractivity contribution in [2.75, 3.05) is 13.7 Å². The Morgan fingerprint density at radius 2 is 2.00 bits per heavy atom. The summed E-state index contributed by atoms with van der Waals surface area (Å²) in [5, 5.41) is 11.7. The van der Waals surface area contributed by atoms with Crippen LogP contribution >= 0.6 is 0 Å². The number of methoxy groups -OCH3 is 1. The number of nitrogens with one attached hydrogen (secondary N) is 1. The number of hydrogen-bond acceptors (Lipinski definition) is 3. The van der Waals surface area contributed by atoms with E-state index < -0.39 is 5.97 Å². The van der Waals surface area contributed by atoms with Gasteiger partial charge in [0.25, 0.3) is 0 Å². The molecule has 0 unspecified atom stereocenters. The Balaban J connectivity index is 2.11. The van der Waals surface area contributed by atoms with Crippen molar-refractivity contribution in [2.45, 2.75) is 25.8 Å². The minimum absolute atomic E-state index is 0.254. The second-order valence-electron chi connectivity index (χ2n) is 3.88. The lowest BCUT2D eigenvalue weighted by Gasteiger charge is -2.05. The molecule has 0 aliphatic heterocycles. The monoisotopic (exact) mass is 237 g/mol. The molecule has 4 nitrogen and oxygen atoms in total. The van der Waals surface area contributed by atoms with Gasteiger partial charge in [0.15, 0.2) is 0 Å². The highest BCUT2D eigenvalue weighted by Gasteiger charge is 1.97. The van der Waals surface area contributed by atoms with Crippen LogP contribution in [0.15, 0.2) is 24.3 Å². The Hall–Kier alpha value is -1.55. The molecule has 2 N–H and O–H groups in total. The molecule has 0 saturated heterocycles. The van der Waals surface area contributed by atoms with Crippen molar-refractivity contribution >= 4 is 5.97 Å². The zero-order valence-electron chi connectivity index (χ0n) is 10.1. The molecule has 0 atom stereocenters. The molecule has 0 saturated carbocycles. The number of carboxylic acids is 1. The minimum Gasteiger partial charge on any atom is -0.497 e. The average Bonchev–Trinajstić information content (AvgIpc) is 2.34. The minimum atomic E-state index is -0.722. The number of rotatable bonds is 8. The maximum atomic E-state index is 10.3. The average molecular weight is 237 g/mol. The van der Waals surface area contributed by atoms with Crippen LogP contribution in [-0.2, 0) is 11.3 Å².